The summed E-state index contributed by atoms with van der Waals surface area (Å²) in [5.41, 5.74) is 0.810. The molecule has 1 fully saturated rings. The van der Waals surface area contributed by atoms with Crippen molar-refractivity contribution < 1.29 is 9.53 Å². The van der Waals surface area contributed by atoms with Crippen molar-refractivity contribution >= 4 is 27.5 Å². The normalized spacial score (nSPS) is 17.3. The summed E-state index contributed by atoms with van der Waals surface area (Å²) in [6.07, 6.45) is 4.63. The van der Waals surface area contributed by atoms with Crippen LogP contribution in [0.4, 0.5) is 0 Å². The smallest absolute Gasteiger partial charge is 0.309 e. The average Bonchev–Trinajstić information content (AvgIpc) is 2.83. The Hall–Kier alpha value is -1.69. The van der Waals surface area contributed by atoms with Crippen molar-refractivity contribution in [3.63, 3.8) is 0 Å². The number of rotatable bonds is 3. The van der Waals surface area contributed by atoms with Crippen LogP contribution in [0.15, 0.2) is 4.79 Å². The minimum absolute atomic E-state index is 0.00659. The Morgan fingerprint density at radius 3 is 2.70 bits per heavy atom. The van der Waals surface area contributed by atoms with Gasteiger partial charge in [-0.2, -0.15) is 0 Å². The Morgan fingerprint density at radius 1 is 1.30 bits per heavy atom. The molecule has 1 unspecified atom stereocenters. The number of carbonyl (C=O) groups excluding carboxylic acids is 1. The lowest BCUT2D eigenvalue weighted by molar-refractivity contribution is -0.155. The zero-order valence-corrected chi connectivity index (χ0v) is 14.6. The molecule has 2 heterocycles. The number of aromatic amines is 1. The van der Waals surface area contributed by atoms with Gasteiger partial charge in [-0.1, -0.05) is 19.3 Å². The summed E-state index contributed by atoms with van der Waals surface area (Å²) in [5, 5.41) is 0.641. The Balaban J connectivity index is 1.82. The van der Waals surface area contributed by atoms with E-state index < -0.39 is 6.10 Å². The second-order valence-electron chi connectivity index (χ2n) is 6.33. The third kappa shape index (κ3) is 3.17. The zero-order valence-electron chi connectivity index (χ0n) is 13.8. The van der Waals surface area contributed by atoms with Crippen LogP contribution in [0, 0.1) is 19.8 Å². The van der Waals surface area contributed by atoms with Gasteiger partial charge in [0.05, 0.1) is 11.3 Å². The van der Waals surface area contributed by atoms with Gasteiger partial charge in [-0.05, 0) is 39.2 Å². The van der Waals surface area contributed by atoms with Crippen molar-refractivity contribution in [3.8, 4) is 0 Å². The molecule has 1 aliphatic carbocycles. The number of nitrogens with zero attached hydrogens (tertiary/aromatic N) is 1. The summed E-state index contributed by atoms with van der Waals surface area (Å²) >= 11 is 1.50. The molecule has 23 heavy (non-hydrogen) atoms. The number of H-pyrrole nitrogens is 1. The predicted molar refractivity (Wildman–Crippen MR) is 90.8 cm³/mol. The molecule has 0 spiro atoms. The van der Waals surface area contributed by atoms with E-state index in [1.807, 2.05) is 13.8 Å². The van der Waals surface area contributed by atoms with E-state index in [4.69, 9.17) is 4.74 Å². The first-order valence-corrected chi connectivity index (χ1v) is 8.99. The van der Waals surface area contributed by atoms with E-state index in [2.05, 4.69) is 9.97 Å². The maximum atomic E-state index is 12.3. The minimum atomic E-state index is -0.538. The largest absolute Gasteiger partial charge is 0.454 e. The summed E-state index contributed by atoms with van der Waals surface area (Å²) < 4.78 is 5.55. The van der Waals surface area contributed by atoms with Crippen LogP contribution in [0.25, 0.3) is 10.2 Å². The van der Waals surface area contributed by atoms with Crippen LogP contribution in [-0.4, -0.2) is 15.9 Å². The fourth-order valence-corrected chi connectivity index (χ4v) is 4.17. The zero-order chi connectivity index (χ0) is 16.6. The predicted octanol–water partition coefficient (Wildman–Crippen LogP) is 3.79. The number of fused-ring (bicyclic) bond motifs is 1. The summed E-state index contributed by atoms with van der Waals surface area (Å²) in [4.78, 5) is 33.6. The second kappa shape index (κ2) is 6.43. The Morgan fingerprint density at radius 2 is 2.00 bits per heavy atom. The quantitative estimate of drug-likeness (QED) is 0.867. The molecule has 1 saturated carbocycles. The van der Waals surface area contributed by atoms with E-state index in [1.54, 1.807) is 6.92 Å². The third-order valence-corrected chi connectivity index (χ3v) is 5.78. The van der Waals surface area contributed by atoms with E-state index in [0.29, 0.717) is 16.0 Å². The number of ether oxygens (including phenoxy) is 1. The maximum Gasteiger partial charge on any atom is 0.309 e. The topological polar surface area (TPSA) is 72.0 Å². The van der Waals surface area contributed by atoms with Crippen LogP contribution >= 0.6 is 11.3 Å². The molecule has 124 valence electrons. The number of esters is 1. The molecule has 0 aromatic carbocycles. The van der Waals surface area contributed by atoms with Gasteiger partial charge in [-0.3, -0.25) is 9.59 Å². The Bertz CT molecular complexity index is 787. The molecule has 0 saturated heterocycles. The molecular formula is C17H22N2O3S. The summed E-state index contributed by atoms with van der Waals surface area (Å²) in [7, 11) is 0. The SMILES string of the molecule is Cc1sc2nc(C(C)OC(=O)C3CCCCC3)[nH]c(=O)c2c1C. The van der Waals surface area contributed by atoms with Gasteiger partial charge in [0.2, 0.25) is 0 Å². The maximum absolute atomic E-state index is 12.3. The highest BCUT2D eigenvalue weighted by atomic mass is 32.1. The fourth-order valence-electron chi connectivity index (χ4n) is 3.13. The first kappa shape index (κ1) is 16.2. The molecule has 5 nitrogen and oxygen atoms in total. The number of aromatic nitrogens is 2. The van der Waals surface area contributed by atoms with Crippen molar-refractivity contribution in [2.45, 2.75) is 59.0 Å². The number of nitrogens with one attached hydrogen (secondary N) is 1. The van der Waals surface area contributed by atoms with Crippen molar-refractivity contribution in [1.82, 2.24) is 9.97 Å². The number of hydrogen-bond acceptors (Lipinski definition) is 5. The highest BCUT2D eigenvalue weighted by Crippen LogP contribution is 2.29. The molecular weight excluding hydrogens is 312 g/mol. The summed E-state index contributed by atoms with van der Waals surface area (Å²) in [5.74, 6) is 0.249. The van der Waals surface area contributed by atoms with Crippen molar-refractivity contribution in [2.24, 2.45) is 5.92 Å². The number of carbonyl (C=O) groups is 1. The van der Waals surface area contributed by atoms with Gasteiger partial charge in [0, 0.05) is 4.88 Å². The van der Waals surface area contributed by atoms with E-state index in [1.165, 1.54) is 17.8 Å². The first-order chi connectivity index (χ1) is 11.0. The van der Waals surface area contributed by atoms with E-state index in [9.17, 15) is 9.59 Å². The summed E-state index contributed by atoms with van der Waals surface area (Å²) in [6, 6.07) is 0. The van der Waals surface area contributed by atoms with Gasteiger partial charge < -0.3 is 9.72 Å². The van der Waals surface area contributed by atoms with E-state index >= 15 is 0 Å². The van der Waals surface area contributed by atoms with Gasteiger partial charge in [-0.25, -0.2) is 4.98 Å². The highest BCUT2D eigenvalue weighted by Gasteiger charge is 2.25. The lowest BCUT2D eigenvalue weighted by atomic mass is 9.89. The van der Waals surface area contributed by atoms with Crippen LogP contribution in [-0.2, 0) is 9.53 Å². The Kier molecular flexibility index (Phi) is 4.53. The fraction of sp³-hybridized carbons (Fsp3) is 0.588. The van der Waals surface area contributed by atoms with Crippen molar-refractivity contribution in [2.75, 3.05) is 0 Å². The third-order valence-electron chi connectivity index (χ3n) is 4.67. The van der Waals surface area contributed by atoms with Crippen LogP contribution in [0.2, 0.25) is 0 Å². The van der Waals surface area contributed by atoms with Crippen LogP contribution in [0.5, 0.6) is 0 Å². The molecule has 6 heteroatoms. The molecule has 0 aliphatic heterocycles. The lowest BCUT2D eigenvalue weighted by Gasteiger charge is -2.22. The van der Waals surface area contributed by atoms with Crippen molar-refractivity contribution in [1.29, 1.82) is 0 Å². The van der Waals surface area contributed by atoms with Gasteiger partial charge in [0.1, 0.15) is 4.83 Å². The van der Waals surface area contributed by atoms with Crippen LogP contribution in [0.3, 0.4) is 0 Å². The van der Waals surface area contributed by atoms with Gasteiger partial charge in [0.15, 0.2) is 11.9 Å². The van der Waals surface area contributed by atoms with Crippen LogP contribution in [0.1, 0.15) is 61.4 Å². The number of hydrogen-bond donors (Lipinski definition) is 1. The Labute approximate surface area is 139 Å². The molecule has 0 bridgehead atoms. The number of thiophene rings is 1. The molecule has 2 aromatic rings. The molecule has 0 amide bonds. The molecule has 0 radical (unpaired) electrons. The van der Waals surface area contributed by atoms with Gasteiger partial charge >= 0.3 is 5.97 Å². The second-order valence-corrected chi connectivity index (χ2v) is 7.53. The van der Waals surface area contributed by atoms with Gasteiger partial charge in [0.25, 0.3) is 5.56 Å². The molecule has 1 atom stereocenters. The van der Waals surface area contributed by atoms with Gasteiger partial charge in [-0.15, -0.1) is 11.3 Å². The minimum Gasteiger partial charge on any atom is -0.454 e. The standard InChI is InChI=1S/C17H22N2O3S/c1-9-11(3)23-16-13(9)15(20)18-14(19-16)10(2)22-17(21)12-7-5-4-6-8-12/h10,12H,4-8H2,1-3H3,(H,18,19,20). The van der Waals surface area contributed by atoms with E-state index in [-0.39, 0.29) is 17.4 Å². The molecule has 1 N–H and O–H groups in total. The number of aryl methyl sites for hydroxylation is 2. The highest BCUT2D eigenvalue weighted by molar-refractivity contribution is 7.18. The van der Waals surface area contributed by atoms with Crippen molar-refractivity contribution in [3.05, 3.63) is 26.6 Å². The average molecular weight is 334 g/mol. The van der Waals surface area contributed by atoms with Crippen LogP contribution < -0.4 is 5.56 Å². The lowest BCUT2D eigenvalue weighted by Crippen LogP contribution is -2.23. The molecule has 3 rings (SSSR count). The monoisotopic (exact) mass is 334 g/mol. The molecule has 1 aliphatic rings. The van der Waals surface area contributed by atoms with E-state index in [0.717, 1.165) is 36.1 Å². The first-order valence-electron chi connectivity index (χ1n) is 8.17. The summed E-state index contributed by atoms with van der Waals surface area (Å²) in [6.45, 7) is 5.67. The molecule has 2 aromatic heterocycles.